The van der Waals surface area contributed by atoms with Gasteiger partial charge in [-0.3, -0.25) is 4.79 Å². The van der Waals surface area contributed by atoms with Gasteiger partial charge in [0.05, 0.1) is 6.61 Å². The van der Waals surface area contributed by atoms with Gasteiger partial charge in [-0.25, -0.2) is 0 Å². The molecule has 1 atom stereocenters. The molecule has 31 heavy (non-hydrogen) atoms. The number of esters is 1. The zero-order valence-corrected chi connectivity index (χ0v) is 20.8. The fourth-order valence-electron chi connectivity index (χ4n) is 3.33. The van der Waals surface area contributed by atoms with E-state index in [2.05, 4.69) is 35.0 Å². The number of unbranched alkanes of at least 4 members (excludes halogenated alkanes) is 7. The molecule has 3 nitrogen and oxygen atoms in total. The van der Waals surface area contributed by atoms with Crippen LogP contribution in [0.2, 0.25) is 0 Å². The molecule has 2 aromatic rings. The van der Waals surface area contributed by atoms with E-state index in [1.54, 1.807) is 0 Å². The highest BCUT2D eigenvalue weighted by molar-refractivity contribution is 9.10. The maximum atomic E-state index is 12.1. The third-order valence-electron chi connectivity index (χ3n) is 5.34. The highest BCUT2D eigenvalue weighted by Crippen LogP contribution is 2.25. The summed E-state index contributed by atoms with van der Waals surface area (Å²) in [4.78, 5) is 11.8. The highest BCUT2D eigenvalue weighted by atomic mass is 79.9. The monoisotopic (exact) mass is 488 g/mol. The summed E-state index contributed by atoms with van der Waals surface area (Å²) in [5.74, 6) is 1.39. The van der Waals surface area contributed by atoms with Crippen LogP contribution in [0.1, 0.15) is 72.1 Å². The number of hydrogen-bond donors (Lipinski definition) is 0. The van der Waals surface area contributed by atoms with Crippen LogP contribution in [0.3, 0.4) is 0 Å². The van der Waals surface area contributed by atoms with Gasteiger partial charge in [-0.05, 0) is 47.7 Å². The second-order valence-corrected chi connectivity index (χ2v) is 9.43. The minimum atomic E-state index is -0.300. The fourth-order valence-corrected chi connectivity index (χ4v) is 3.42. The molecule has 0 aliphatic heterocycles. The molecule has 0 saturated heterocycles. The lowest BCUT2D eigenvalue weighted by atomic mass is 10.1. The molecule has 170 valence electrons. The van der Waals surface area contributed by atoms with E-state index in [9.17, 15) is 4.79 Å². The van der Waals surface area contributed by atoms with Gasteiger partial charge in [-0.1, -0.05) is 106 Å². The fraction of sp³-hybridized carbons (Fsp3) is 0.519. The number of carbonyl (C=O) groups is 1. The van der Waals surface area contributed by atoms with E-state index < -0.39 is 0 Å². The van der Waals surface area contributed by atoms with Crippen molar-refractivity contribution in [1.29, 1.82) is 0 Å². The molecule has 2 aromatic carbocycles. The van der Waals surface area contributed by atoms with Crippen LogP contribution in [-0.4, -0.2) is 17.4 Å². The van der Waals surface area contributed by atoms with Crippen molar-refractivity contribution in [2.75, 3.05) is 6.61 Å². The van der Waals surface area contributed by atoms with E-state index >= 15 is 0 Å². The predicted octanol–water partition coefficient (Wildman–Crippen LogP) is 8.20. The molecule has 0 saturated carbocycles. The Labute approximate surface area is 196 Å². The average molecular weight is 489 g/mol. The number of halogens is 1. The van der Waals surface area contributed by atoms with Gasteiger partial charge in [0.15, 0.2) is 0 Å². The highest BCUT2D eigenvalue weighted by Gasteiger charge is 2.20. The summed E-state index contributed by atoms with van der Waals surface area (Å²) in [5, 5.41) is 0. The first kappa shape index (κ1) is 25.5. The minimum Gasteiger partial charge on any atom is -0.494 e. The summed E-state index contributed by atoms with van der Waals surface area (Å²) in [7, 11) is 0. The summed E-state index contributed by atoms with van der Waals surface area (Å²) in [6.07, 6.45) is 10.4. The smallest absolute Gasteiger partial charge is 0.325 e. The molecule has 0 fully saturated rings. The number of ether oxygens (including phenoxy) is 2. The molecule has 0 bridgehead atoms. The van der Waals surface area contributed by atoms with Crippen molar-refractivity contribution in [3.05, 3.63) is 48.5 Å². The molecule has 0 aliphatic rings. The summed E-state index contributed by atoms with van der Waals surface area (Å²) < 4.78 is 11.3. The number of benzene rings is 2. The molecule has 2 rings (SSSR count). The van der Waals surface area contributed by atoms with Crippen LogP contribution in [0, 0.1) is 5.92 Å². The second kappa shape index (κ2) is 14.3. The first-order valence-corrected chi connectivity index (χ1v) is 12.6. The van der Waals surface area contributed by atoms with Crippen molar-refractivity contribution < 1.29 is 14.3 Å². The Morgan fingerprint density at radius 3 is 1.77 bits per heavy atom. The first-order chi connectivity index (χ1) is 15.0. The molecule has 0 heterocycles. The Balaban J connectivity index is 1.73. The number of hydrogen-bond acceptors (Lipinski definition) is 3. The van der Waals surface area contributed by atoms with Crippen molar-refractivity contribution in [3.8, 4) is 22.6 Å². The Bertz CT molecular complexity index is 753. The summed E-state index contributed by atoms with van der Waals surface area (Å²) in [6, 6.07) is 15.8. The molecule has 0 aromatic heterocycles. The van der Waals surface area contributed by atoms with Crippen LogP contribution in [0.15, 0.2) is 48.5 Å². The van der Waals surface area contributed by atoms with Crippen LogP contribution in [0.5, 0.6) is 11.5 Å². The maximum Gasteiger partial charge on any atom is 0.325 e. The van der Waals surface area contributed by atoms with Gasteiger partial charge in [0.1, 0.15) is 16.3 Å². The molecule has 0 spiro atoms. The van der Waals surface area contributed by atoms with Gasteiger partial charge in [0.25, 0.3) is 0 Å². The van der Waals surface area contributed by atoms with E-state index in [0.29, 0.717) is 5.75 Å². The van der Waals surface area contributed by atoms with E-state index in [1.165, 1.54) is 44.9 Å². The van der Waals surface area contributed by atoms with E-state index in [-0.39, 0.29) is 16.7 Å². The predicted molar refractivity (Wildman–Crippen MR) is 133 cm³/mol. The van der Waals surface area contributed by atoms with Crippen LogP contribution in [-0.2, 0) is 4.79 Å². The minimum absolute atomic E-state index is 0.183. The quantitative estimate of drug-likeness (QED) is 0.116. The largest absolute Gasteiger partial charge is 0.494 e. The Morgan fingerprint density at radius 1 is 0.774 bits per heavy atom. The average Bonchev–Trinajstić information content (AvgIpc) is 2.78. The van der Waals surface area contributed by atoms with Crippen molar-refractivity contribution >= 4 is 21.9 Å². The van der Waals surface area contributed by atoms with Gasteiger partial charge >= 0.3 is 5.97 Å². The summed E-state index contributed by atoms with van der Waals surface area (Å²) >= 11 is 3.38. The van der Waals surface area contributed by atoms with Crippen LogP contribution < -0.4 is 9.47 Å². The Hall–Kier alpha value is -1.81. The van der Waals surface area contributed by atoms with Gasteiger partial charge < -0.3 is 9.47 Å². The zero-order chi connectivity index (χ0) is 22.5. The van der Waals surface area contributed by atoms with E-state index in [4.69, 9.17) is 9.47 Å². The van der Waals surface area contributed by atoms with Crippen molar-refractivity contribution in [1.82, 2.24) is 0 Å². The van der Waals surface area contributed by atoms with Gasteiger partial charge in [0, 0.05) is 0 Å². The van der Waals surface area contributed by atoms with Gasteiger partial charge in [0.2, 0.25) is 0 Å². The van der Waals surface area contributed by atoms with Crippen LogP contribution >= 0.6 is 15.9 Å². The third-order valence-corrected chi connectivity index (χ3v) is 6.77. The standard InChI is InChI=1S/C27H37BrO3/c1-4-5-6-7-8-9-10-11-20-30-24-16-12-22(13-17-24)23-14-18-25(19-15-23)31-27(29)26(28)21(2)3/h12-19,21,26H,4-11,20H2,1-3H3. The topological polar surface area (TPSA) is 35.5 Å². The second-order valence-electron chi connectivity index (χ2n) is 8.44. The lowest BCUT2D eigenvalue weighted by Gasteiger charge is -2.13. The van der Waals surface area contributed by atoms with Crippen molar-refractivity contribution in [2.45, 2.75) is 77.0 Å². The van der Waals surface area contributed by atoms with Gasteiger partial charge in [-0.15, -0.1) is 0 Å². The third kappa shape index (κ3) is 9.47. The number of carbonyl (C=O) groups excluding carboxylic acids is 1. The molecule has 0 N–H and O–H groups in total. The van der Waals surface area contributed by atoms with Crippen LogP contribution in [0.25, 0.3) is 11.1 Å². The molecule has 0 radical (unpaired) electrons. The Kier molecular flexibility index (Phi) is 11.7. The lowest BCUT2D eigenvalue weighted by molar-refractivity contribution is -0.134. The van der Waals surface area contributed by atoms with Gasteiger partial charge in [-0.2, -0.15) is 0 Å². The van der Waals surface area contributed by atoms with Crippen molar-refractivity contribution in [3.63, 3.8) is 0 Å². The Morgan fingerprint density at radius 2 is 1.26 bits per heavy atom. The summed E-state index contributed by atoms with van der Waals surface area (Å²) in [5.41, 5.74) is 2.19. The van der Waals surface area contributed by atoms with Crippen molar-refractivity contribution in [2.24, 2.45) is 5.92 Å². The van der Waals surface area contributed by atoms with Crippen LogP contribution in [0.4, 0.5) is 0 Å². The molecular weight excluding hydrogens is 452 g/mol. The maximum absolute atomic E-state index is 12.1. The lowest BCUT2D eigenvalue weighted by Crippen LogP contribution is -2.24. The molecule has 0 aliphatic carbocycles. The molecular formula is C27H37BrO3. The van der Waals surface area contributed by atoms with E-state index in [0.717, 1.165) is 29.9 Å². The zero-order valence-electron chi connectivity index (χ0n) is 19.2. The molecule has 0 amide bonds. The summed E-state index contributed by atoms with van der Waals surface area (Å²) in [6.45, 7) is 6.99. The first-order valence-electron chi connectivity index (χ1n) is 11.7. The SMILES string of the molecule is CCCCCCCCCCOc1ccc(-c2ccc(OC(=O)C(Br)C(C)C)cc2)cc1. The molecule has 1 unspecified atom stereocenters. The number of rotatable bonds is 14. The normalized spacial score (nSPS) is 12.0. The molecule has 4 heteroatoms. The number of alkyl halides is 1. The van der Waals surface area contributed by atoms with E-state index in [1.807, 2.05) is 50.2 Å².